The summed E-state index contributed by atoms with van der Waals surface area (Å²) < 4.78 is 13.9. The first-order chi connectivity index (χ1) is 11.5. The van der Waals surface area contributed by atoms with E-state index in [9.17, 15) is 14.0 Å². The molecule has 0 unspecified atom stereocenters. The minimum Gasteiger partial charge on any atom is -0.370 e. The van der Waals surface area contributed by atoms with Crippen molar-refractivity contribution in [2.45, 2.75) is 19.3 Å². The highest BCUT2D eigenvalue weighted by molar-refractivity contribution is 7.17. The molecule has 3 rings (SSSR count). The van der Waals surface area contributed by atoms with Gasteiger partial charge in [0.25, 0.3) is 5.91 Å². The first kappa shape index (κ1) is 16.6. The Balaban J connectivity index is 1.67. The Morgan fingerprint density at radius 1 is 1.17 bits per heavy atom. The number of rotatable bonds is 4. The highest BCUT2D eigenvalue weighted by Crippen LogP contribution is 2.31. The van der Waals surface area contributed by atoms with Gasteiger partial charge in [0.15, 0.2) is 0 Å². The lowest BCUT2D eigenvalue weighted by atomic mass is 9.93. The van der Waals surface area contributed by atoms with E-state index in [1.807, 2.05) is 0 Å². The fraction of sp³-hybridized carbons (Fsp3) is 0.333. The van der Waals surface area contributed by atoms with E-state index < -0.39 is 0 Å². The van der Waals surface area contributed by atoms with Crippen molar-refractivity contribution in [1.29, 1.82) is 0 Å². The fourth-order valence-electron chi connectivity index (χ4n) is 3.04. The molecular formula is C18H19FN2O2S. The molecule has 2 heterocycles. The lowest BCUT2D eigenvalue weighted by Gasteiger charge is -2.31. The van der Waals surface area contributed by atoms with E-state index in [2.05, 4.69) is 0 Å². The second-order valence-corrected chi connectivity index (χ2v) is 7.13. The number of thiophene rings is 1. The molecule has 1 aliphatic rings. The maximum atomic E-state index is 13.9. The zero-order valence-electron chi connectivity index (χ0n) is 13.2. The quantitative estimate of drug-likeness (QED) is 0.923. The number of piperidine rings is 1. The van der Waals surface area contributed by atoms with Crippen molar-refractivity contribution in [1.82, 2.24) is 4.90 Å². The summed E-state index contributed by atoms with van der Waals surface area (Å²) in [7, 11) is 0. The Bertz CT molecular complexity index is 751. The highest BCUT2D eigenvalue weighted by Gasteiger charge is 2.25. The van der Waals surface area contributed by atoms with Crippen molar-refractivity contribution < 1.29 is 14.0 Å². The van der Waals surface area contributed by atoms with Gasteiger partial charge < -0.3 is 10.6 Å². The predicted octanol–water partition coefficient (Wildman–Crippen LogP) is 3.28. The minimum atomic E-state index is -0.286. The van der Waals surface area contributed by atoms with Crippen molar-refractivity contribution in [3.05, 3.63) is 47.1 Å². The molecule has 1 aromatic heterocycles. The lowest BCUT2D eigenvalue weighted by Crippen LogP contribution is -2.39. The molecule has 6 heteroatoms. The van der Waals surface area contributed by atoms with Crippen LogP contribution >= 0.6 is 11.3 Å². The maximum Gasteiger partial charge on any atom is 0.263 e. The lowest BCUT2D eigenvalue weighted by molar-refractivity contribution is -0.119. The normalized spacial score (nSPS) is 15.5. The third kappa shape index (κ3) is 3.64. The number of hydrogen-bond acceptors (Lipinski definition) is 3. The number of hydrogen-bond donors (Lipinski definition) is 1. The highest BCUT2D eigenvalue weighted by atomic mass is 32.1. The summed E-state index contributed by atoms with van der Waals surface area (Å²) in [5.74, 6) is -0.331. The Hall–Kier alpha value is -2.21. The Morgan fingerprint density at radius 3 is 2.54 bits per heavy atom. The number of carbonyl (C=O) groups excluding carboxylic acids is 2. The van der Waals surface area contributed by atoms with E-state index in [0.717, 1.165) is 17.7 Å². The van der Waals surface area contributed by atoms with Crippen LogP contribution < -0.4 is 5.73 Å². The largest absolute Gasteiger partial charge is 0.370 e. The summed E-state index contributed by atoms with van der Waals surface area (Å²) in [6.07, 6.45) is 1.97. The number of amides is 2. The van der Waals surface area contributed by atoms with Gasteiger partial charge in [-0.3, -0.25) is 9.59 Å². The number of carbonyl (C=O) groups is 2. The number of halogens is 1. The SMILES string of the molecule is NC(=O)CC1CCN(C(=O)c2ccc(-c3ccccc3F)s2)CC1. The van der Waals surface area contributed by atoms with Crippen LogP contribution in [0.3, 0.4) is 0 Å². The van der Waals surface area contributed by atoms with Crippen molar-refractivity contribution in [3.63, 3.8) is 0 Å². The summed E-state index contributed by atoms with van der Waals surface area (Å²) in [5.41, 5.74) is 5.75. The molecule has 0 atom stereocenters. The molecule has 1 aromatic carbocycles. The second kappa shape index (κ2) is 7.13. The molecule has 4 nitrogen and oxygen atoms in total. The van der Waals surface area contributed by atoms with Gasteiger partial charge in [-0.1, -0.05) is 18.2 Å². The van der Waals surface area contributed by atoms with E-state index in [1.54, 1.807) is 35.2 Å². The van der Waals surface area contributed by atoms with Gasteiger partial charge in [0, 0.05) is 30.0 Å². The predicted molar refractivity (Wildman–Crippen MR) is 92.2 cm³/mol. The summed E-state index contributed by atoms with van der Waals surface area (Å²) in [5, 5.41) is 0. The number of benzene rings is 1. The topological polar surface area (TPSA) is 63.4 Å². The Morgan fingerprint density at radius 2 is 1.88 bits per heavy atom. The van der Waals surface area contributed by atoms with Crippen LogP contribution in [0.2, 0.25) is 0 Å². The first-order valence-corrected chi connectivity index (χ1v) is 8.78. The van der Waals surface area contributed by atoms with Crippen LogP contribution in [0, 0.1) is 11.7 Å². The molecule has 1 saturated heterocycles. The van der Waals surface area contributed by atoms with Gasteiger partial charge in [-0.15, -0.1) is 11.3 Å². The molecule has 0 spiro atoms. The van der Waals surface area contributed by atoms with Crippen molar-refractivity contribution in [2.75, 3.05) is 13.1 Å². The zero-order chi connectivity index (χ0) is 17.1. The van der Waals surface area contributed by atoms with Crippen molar-refractivity contribution >= 4 is 23.2 Å². The standard InChI is InChI=1S/C18H19FN2O2S/c19-14-4-2-1-3-13(14)15-5-6-16(24-15)18(23)21-9-7-12(8-10-21)11-17(20)22/h1-6,12H,7-11H2,(H2,20,22). The monoisotopic (exact) mass is 346 g/mol. The summed E-state index contributed by atoms with van der Waals surface area (Å²) >= 11 is 1.31. The van der Waals surface area contributed by atoms with Crippen LogP contribution in [0.4, 0.5) is 4.39 Å². The van der Waals surface area contributed by atoms with Crippen LogP contribution in [0.15, 0.2) is 36.4 Å². The molecule has 2 aromatic rings. The molecule has 1 aliphatic heterocycles. The third-order valence-corrected chi connectivity index (χ3v) is 5.45. The minimum absolute atomic E-state index is 0.0277. The van der Waals surface area contributed by atoms with Gasteiger partial charge in [0.1, 0.15) is 5.82 Å². The fourth-order valence-corrected chi connectivity index (χ4v) is 4.04. The van der Waals surface area contributed by atoms with Gasteiger partial charge >= 0.3 is 0 Å². The molecule has 2 amide bonds. The number of nitrogens with zero attached hydrogens (tertiary/aromatic N) is 1. The molecule has 0 saturated carbocycles. The number of likely N-dealkylation sites (tertiary alicyclic amines) is 1. The average molecular weight is 346 g/mol. The van der Waals surface area contributed by atoms with Crippen LogP contribution in [0.5, 0.6) is 0 Å². The number of primary amides is 1. The van der Waals surface area contributed by atoms with Crippen LogP contribution in [0.1, 0.15) is 28.9 Å². The summed E-state index contributed by atoms with van der Waals surface area (Å²) in [6, 6.07) is 10.1. The molecule has 0 bridgehead atoms. The van der Waals surface area contributed by atoms with E-state index in [1.165, 1.54) is 17.4 Å². The number of nitrogens with two attached hydrogens (primary N) is 1. The third-order valence-electron chi connectivity index (χ3n) is 4.35. The summed E-state index contributed by atoms with van der Waals surface area (Å²) in [6.45, 7) is 1.26. The average Bonchev–Trinajstić information content (AvgIpc) is 3.04. The Labute approximate surface area is 144 Å². The smallest absolute Gasteiger partial charge is 0.263 e. The van der Waals surface area contributed by atoms with E-state index >= 15 is 0 Å². The first-order valence-electron chi connectivity index (χ1n) is 7.97. The van der Waals surface area contributed by atoms with Gasteiger partial charge in [0.2, 0.25) is 5.91 Å². The van der Waals surface area contributed by atoms with Crippen LogP contribution in [-0.2, 0) is 4.79 Å². The summed E-state index contributed by atoms with van der Waals surface area (Å²) in [4.78, 5) is 26.8. The van der Waals surface area contributed by atoms with E-state index in [0.29, 0.717) is 30.0 Å². The van der Waals surface area contributed by atoms with E-state index in [4.69, 9.17) is 5.73 Å². The Kier molecular flexibility index (Phi) is 4.94. The molecule has 0 aliphatic carbocycles. The van der Waals surface area contributed by atoms with Gasteiger partial charge in [-0.25, -0.2) is 4.39 Å². The van der Waals surface area contributed by atoms with Crippen LogP contribution in [-0.4, -0.2) is 29.8 Å². The molecule has 0 radical (unpaired) electrons. The van der Waals surface area contributed by atoms with Gasteiger partial charge in [0.05, 0.1) is 4.88 Å². The molecule has 1 fully saturated rings. The van der Waals surface area contributed by atoms with E-state index in [-0.39, 0.29) is 23.5 Å². The molecule has 24 heavy (non-hydrogen) atoms. The molecular weight excluding hydrogens is 327 g/mol. The molecule has 2 N–H and O–H groups in total. The van der Waals surface area contributed by atoms with Crippen molar-refractivity contribution in [3.8, 4) is 10.4 Å². The van der Waals surface area contributed by atoms with Gasteiger partial charge in [-0.05, 0) is 37.0 Å². The second-order valence-electron chi connectivity index (χ2n) is 6.05. The zero-order valence-corrected chi connectivity index (χ0v) is 14.0. The van der Waals surface area contributed by atoms with Crippen LogP contribution in [0.25, 0.3) is 10.4 Å². The maximum absolute atomic E-state index is 13.9. The van der Waals surface area contributed by atoms with Gasteiger partial charge in [-0.2, -0.15) is 0 Å². The molecule has 126 valence electrons. The van der Waals surface area contributed by atoms with Crippen molar-refractivity contribution in [2.24, 2.45) is 11.7 Å².